The lowest BCUT2D eigenvalue weighted by Gasteiger charge is -2.13. The van der Waals surface area contributed by atoms with Crippen LogP contribution in [0.5, 0.6) is 5.75 Å². The van der Waals surface area contributed by atoms with Crippen LogP contribution in [0.2, 0.25) is 0 Å². The van der Waals surface area contributed by atoms with Crippen LogP contribution in [0.3, 0.4) is 0 Å². The van der Waals surface area contributed by atoms with Gasteiger partial charge in [0, 0.05) is 30.6 Å². The van der Waals surface area contributed by atoms with E-state index in [1.807, 2.05) is 0 Å². The summed E-state index contributed by atoms with van der Waals surface area (Å²) in [7, 11) is 0. The summed E-state index contributed by atoms with van der Waals surface area (Å²) in [6.45, 7) is 0. The molecule has 1 N–H and O–H groups in total. The number of rotatable bonds is 6. The van der Waals surface area contributed by atoms with E-state index in [2.05, 4.69) is 15.0 Å². The van der Waals surface area contributed by atoms with E-state index in [1.54, 1.807) is 28.8 Å². The summed E-state index contributed by atoms with van der Waals surface area (Å²) in [6, 6.07) is 12.2. The molecule has 1 aliphatic carbocycles. The number of nitrogens with zero attached hydrogens (tertiary/aromatic N) is 2. The highest BCUT2D eigenvalue weighted by Crippen LogP contribution is 2.35. The molecule has 1 heterocycles. The maximum Gasteiger partial charge on any atom is 0.573 e. The summed E-state index contributed by atoms with van der Waals surface area (Å²) < 4.78 is 42.6. The Balaban J connectivity index is 1.48. The van der Waals surface area contributed by atoms with Gasteiger partial charge in [0.05, 0.1) is 10.9 Å². The highest BCUT2D eigenvalue weighted by Gasteiger charge is 2.31. The van der Waals surface area contributed by atoms with Crippen molar-refractivity contribution in [2.75, 3.05) is 5.32 Å². The molecular formula is C21H18F3N3O3. The average Bonchev–Trinajstić information content (AvgIpc) is 3.50. The van der Waals surface area contributed by atoms with Gasteiger partial charge in [-0.2, -0.15) is 0 Å². The molecule has 0 aliphatic heterocycles. The number of hydrogen-bond donors (Lipinski definition) is 1. The molecule has 1 aliphatic rings. The van der Waals surface area contributed by atoms with Gasteiger partial charge in [-0.25, -0.2) is 4.98 Å². The molecule has 1 aromatic heterocycles. The van der Waals surface area contributed by atoms with Crippen molar-refractivity contribution >= 4 is 22.5 Å². The van der Waals surface area contributed by atoms with Crippen molar-refractivity contribution in [3.63, 3.8) is 0 Å². The van der Waals surface area contributed by atoms with Gasteiger partial charge in [-0.3, -0.25) is 14.2 Å². The standard InChI is InChI=1S/C21H18F3N3O3/c22-21(23,24)30-15-5-3-4-13(12-15)25-19(28)11-10-18-26-17-7-2-1-6-16(17)20(29)27(18)14-8-9-14/h1-7,12,14H,8-11H2,(H,25,28). The number of alkyl halides is 3. The average molecular weight is 417 g/mol. The normalized spacial score (nSPS) is 14.0. The molecule has 4 rings (SSSR count). The largest absolute Gasteiger partial charge is 0.573 e. The molecule has 0 atom stereocenters. The fourth-order valence-corrected chi connectivity index (χ4v) is 3.30. The van der Waals surface area contributed by atoms with Gasteiger partial charge < -0.3 is 10.1 Å². The first kappa shape index (κ1) is 19.9. The Hall–Kier alpha value is -3.36. The zero-order valence-electron chi connectivity index (χ0n) is 15.8. The number of halogens is 3. The molecule has 1 amide bonds. The van der Waals surface area contributed by atoms with Crippen LogP contribution in [0, 0.1) is 0 Å². The van der Waals surface area contributed by atoms with E-state index in [9.17, 15) is 22.8 Å². The van der Waals surface area contributed by atoms with Crippen molar-refractivity contribution in [1.82, 2.24) is 9.55 Å². The zero-order chi connectivity index (χ0) is 21.3. The third-order valence-corrected chi connectivity index (χ3v) is 4.72. The molecule has 3 aromatic rings. The summed E-state index contributed by atoms with van der Waals surface area (Å²) in [5.74, 6) is -0.284. The summed E-state index contributed by atoms with van der Waals surface area (Å²) in [4.78, 5) is 29.7. The fraction of sp³-hybridized carbons (Fsp3) is 0.286. The molecule has 0 saturated heterocycles. The number of carbonyl (C=O) groups is 1. The number of para-hydroxylation sites is 1. The third-order valence-electron chi connectivity index (χ3n) is 4.72. The SMILES string of the molecule is O=C(CCc1nc2ccccc2c(=O)n1C1CC1)Nc1cccc(OC(F)(F)F)c1. The molecule has 156 valence electrons. The second-order valence-electron chi connectivity index (χ2n) is 7.08. The second-order valence-corrected chi connectivity index (χ2v) is 7.08. The molecule has 2 aromatic carbocycles. The van der Waals surface area contributed by atoms with Crippen LogP contribution in [0.15, 0.2) is 53.3 Å². The van der Waals surface area contributed by atoms with E-state index in [0.29, 0.717) is 16.7 Å². The van der Waals surface area contributed by atoms with Gasteiger partial charge in [-0.15, -0.1) is 13.2 Å². The van der Waals surface area contributed by atoms with Gasteiger partial charge in [-0.05, 0) is 37.1 Å². The van der Waals surface area contributed by atoms with E-state index < -0.39 is 18.0 Å². The number of benzene rings is 2. The summed E-state index contributed by atoms with van der Waals surface area (Å²) >= 11 is 0. The molecule has 0 bridgehead atoms. The Kier molecular flexibility index (Phi) is 5.19. The third kappa shape index (κ3) is 4.61. The lowest BCUT2D eigenvalue weighted by Crippen LogP contribution is -2.25. The van der Waals surface area contributed by atoms with Crippen molar-refractivity contribution in [2.24, 2.45) is 0 Å². The molecule has 1 saturated carbocycles. The van der Waals surface area contributed by atoms with Crippen LogP contribution in [-0.4, -0.2) is 21.8 Å². The van der Waals surface area contributed by atoms with Crippen molar-refractivity contribution in [1.29, 1.82) is 0 Å². The van der Waals surface area contributed by atoms with Gasteiger partial charge in [0.25, 0.3) is 5.56 Å². The van der Waals surface area contributed by atoms with Gasteiger partial charge >= 0.3 is 6.36 Å². The quantitative estimate of drug-likeness (QED) is 0.653. The van der Waals surface area contributed by atoms with Crippen LogP contribution in [0.4, 0.5) is 18.9 Å². The molecule has 30 heavy (non-hydrogen) atoms. The van der Waals surface area contributed by atoms with Crippen LogP contribution in [0.25, 0.3) is 10.9 Å². The van der Waals surface area contributed by atoms with E-state index in [0.717, 1.165) is 25.0 Å². The van der Waals surface area contributed by atoms with Crippen LogP contribution < -0.4 is 15.6 Å². The summed E-state index contributed by atoms with van der Waals surface area (Å²) in [5.41, 5.74) is 0.648. The number of hydrogen-bond acceptors (Lipinski definition) is 4. The van der Waals surface area contributed by atoms with Gasteiger partial charge in [0.15, 0.2) is 0 Å². The lowest BCUT2D eigenvalue weighted by molar-refractivity contribution is -0.274. The predicted octanol–water partition coefficient (Wildman–Crippen LogP) is 4.20. The molecule has 9 heteroatoms. The molecule has 0 radical (unpaired) electrons. The molecule has 0 unspecified atom stereocenters. The Morgan fingerprint density at radius 1 is 1.17 bits per heavy atom. The van der Waals surface area contributed by atoms with E-state index in [4.69, 9.17) is 0 Å². The number of anilines is 1. The van der Waals surface area contributed by atoms with E-state index >= 15 is 0 Å². The van der Waals surface area contributed by atoms with Crippen LogP contribution >= 0.6 is 0 Å². The molecule has 6 nitrogen and oxygen atoms in total. The van der Waals surface area contributed by atoms with Crippen molar-refractivity contribution < 1.29 is 22.7 Å². The summed E-state index contributed by atoms with van der Waals surface area (Å²) in [6.07, 6.45) is -2.75. The van der Waals surface area contributed by atoms with Crippen LogP contribution in [0.1, 0.15) is 31.1 Å². The van der Waals surface area contributed by atoms with Gasteiger partial charge in [0.2, 0.25) is 5.91 Å². The number of nitrogens with one attached hydrogen (secondary N) is 1. The second kappa shape index (κ2) is 7.81. The number of aryl methyl sites for hydroxylation is 1. The minimum atomic E-state index is -4.81. The number of carbonyl (C=O) groups excluding carboxylic acids is 1. The van der Waals surface area contributed by atoms with Gasteiger partial charge in [0.1, 0.15) is 11.6 Å². The fourth-order valence-electron chi connectivity index (χ4n) is 3.30. The minimum absolute atomic E-state index is 0.0296. The number of ether oxygens (including phenoxy) is 1. The minimum Gasteiger partial charge on any atom is -0.406 e. The molecule has 0 spiro atoms. The lowest BCUT2D eigenvalue weighted by atomic mass is 10.2. The van der Waals surface area contributed by atoms with E-state index in [1.165, 1.54) is 12.1 Å². The highest BCUT2D eigenvalue weighted by atomic mass is 19.4. The van der Waals surface area contributed by atoms with Crippen molar-refractivity contribution in [3.8, 4) is 5.75 Å². The molecule has 1 fully saturated rings. The Bertz CT molecular complexity index is 1150. The zero-order valence-corrected chi connectivity index (χ0v) is 15.8. The van der Waals surface area contributed by atoms with Crippen molar-refractivity contribution in [3.05, 3.63) is 64.7 Å². The maximum atomic E-state index is 12.8. The monoisotopic (exact) mass is 417 g/mol. The number of fused-ring (bicyclic) bond motifs is 1. The first-order valence-corrected chi connectivity index (χ1v) is 9.46. The first-order chi connectivity index (χ1) is 14.3. The predicted molar refractivity (Wildman–Crippen MR) is 104 cm³/mol. The van der Waals surface area contributed by atoms with Gasteiger partial charge in [-0.1, -0.05) is 18.2 Å². The highest BCUT2D eigenvalue weighted by molar-refractivity contribution is 5.91. The molecular weight excluding hydrogens is 399 g/mol. The van der Waals surface area contributed by atoms with Crippen LogP contribution in [-0.2, 0) is 11.2 Å². The Labute approximate surface area is 169 Å². The number of amides is 1. The Morgan fingerprint density at radius 3 is 2.67 bits per heavy atom. The van der Waals surface area contributed by atoms with Crippen molar-refractivity contribution in [2.45, 2.75) is 38.1 Å². The first-order valence-electron chi connectivity index (χ1n) is 9.46. The smallest absolute Gasteiger partial charge is 0.406 e. The Morgan fingerprint density at radius 2 is 1.93 bits per heavy atom. The number of aromatic nitrogens is 2. The topological polar surface area (TPSA) is 73.2 Å². The van der Waals surface area contributed by atoms with E-state index in [-0.39, 0.29) is 30.1 Å². The maximum absolute atomic E-state index is 12.8. The summed E-state index contributed by atoms with van der Waals surface area (Å²) in [5, 5.41) is 3.09.